The van der Waals surface area contributed by atoms with Crippen LogP contribution in [0.3, 0.4) is 0 Å². The summed E-state index contributed by atoms with van der Waals surface area (Å²) in [6.45, 7) is 1.99. The molecule has 0 spiro atoms. The molecule has 0 aliphatic heterocycles. The zero-order valence-electron chi connectivity index (χ0n) is 17.9. The van der Waals surface area contributed by atoms with Gasteiger partial charge in [0.15, 0.2) is 0 Å². The fraction of sp³-hybridized carbons (Fsp3) is 0.455. The van der Waals surface area contributed by atoms with Crippen LogP contribution < -0.4 is 11.1 Å². The van der Waals surface area contributed by atoms with Gasteiger partial charge in [0.2, 0.25) is 5.91 Å². The lowest BCUT2D eigenvalue weighted by atomic mass is 10.1. The summed E-state index contributed by atoms with van der Waals surface area (Å²) in [5.41, 5.74) is 7.18. The molecule has 1 aromatic carbocycles. The number of esters is 1. The molecule has 0 bridgehead atoms. The van der Waals surface area contributed by atoms with Gasteiger partial charge in [0.1, 0.15) is 6.04 Å². The molecule has 2 atom stereocenters. The Kier molecular flexibility index (Phi) is 12.9. The standard InChI is InChI=1S/C22H28Cl2N2O3S3/c1-2-29-22(28)20(14-16-4-3-7-30-16)26-21(27)19(25)12-15-10-17(31-8-5-23)13-18(11-15)32-9-6-24/h3-4,7,10-11,13,19-20H,2,5-6,8-9,12,14,25H2,1H3,(H,26,27)/t19-,20-/m0/s1. The lowest BCUT2D eigenvalue weighted by Crippen LogP contribution is -2.50. The zero-order valence-corrected chi connectivity index (χ0v) is 21.8. The maximum atomic E-state index is 12.8. The van der Waals surface area contributed by atoms with Gasteiger partial charge in [-0.15, -0.1) is 58.1 Å². The van der Waals surface area contributed by atoms with Crippen molar-refractivity contribution in [3.8, 4) is 0 Å². The number of amides is 1. The van der Waals surface area contributed by atoms with Crippen LogP contribution in [0.25, 0.3) is 0 Å². The third-order valence-corrected chi connectivity index (χ3v) is 7.98. The highest BCUT2D eigenvalue weighted by atomic mass is 35.5. The average Bonchev–Trinajstić information content (AvgIpc) is 3.29. The van der Waals surface area contributed by atoms with Gasteiger partial charge in [-0.25, -0.2) is 4.79 Å². The number of thiophene rings is 1. The minimum atomic E-state index is -0.797. The van der Waals surface area contributed by atoms with E-state index in [2.05, 4.69) is 11.4 Å². The van der Waals surface area contributed by atoms with E-state index < -0.39 is 18.1 Å². The number of nitrogens with two attached hydrogens (primary N) is 1. The van der Waals surface area contributed by atoms with Crippen molar-refractivity contribution in [3.05, 3.63) is 46.2 Å². The second-order valence-corrected chi connectivity index (χ2v) is 10.9. The normalized spacial score (nSPS) is 12.9. The highest BCUT2D eigenvalue weighted by Gasteiger charge is 2.25. The van der Waals surface area contributed by atoms with Crippen LogP contribution in [0.15, 0.2) is 45.5 Å². The Morgan fingerprint density at radius 2 is 1.78 bits per heavy atom. The minimum absolute atomic E-state index is 0.247. The van der Waals surface area contributed by atoms with Gasteiger partial charge < -0.3 is 15.8 Å². The van der Waals surface area contributed by atoms with Crippen LogP contribution >= 0.6 is 58.1 Å². The third kappa shape index (κ3) is 9.53. The summed E-state index contributed by atoms with van der Waals surface area (Å²) < 4.78 is 5.14. The van der Waals surface area contributed by atoms with Crippen LogP contribution in [0.4, 0.5) is 0 Å². The Morgan fingerprint density at radius 1 is 1.12 bits per heavy atom. The van der Waals surface area contributed by atoms with Crippen LogP contribution in [0.5, 0.6) is 0 Å². The number of hydrogen-bond acceptors (Lipinski definition) is 7. The number of benzene rings is 1. The first-order valence-corrected chi connectivity index (χ1v) is 14.1. The Hall–Kier alpha value is -0.900. The highest BCUT2D eigenvalue weighted by molar-refractivity contribution is 8.00. The van der Waals surface area contributed by atoms with Crippen molar-refractivity contribution in [2.75, 3.05) is 29.9 Å². The van der Waals surface area contributed by atoms with Crippen molar-refractivity contribution in [3.63, 3.8) is 0 Å². The van der Waals surface area contributed by atoms with Crippen molar-refractivity contribution >= 4 is 69.9 Å². The maximum Gasteiger partial charge on any atom is 0.329 e. The molecule has 0 unspecified atom stereocenters. The monoisotopic (exact) mass is 534 g/mol. The summed E-state index contributed by atoms with van der Waals surface area (Å²) in [6, 6.07) is 8.42. The van der Waals surface area contributed by atoms with Crippen molar-refractivity contribution in [1.29, 1.82) is 0 Å². The molecule has 2 rings (SSSR count). The summed E-state index contributed by atoms with van der Waals surface area (Å²) in [5.74, 6) is 1.86. The van der Waals surface area contributed by atoms with E-state index in [0.29, 0.717) is 24.6 Å². The van der Waals surface area contributed by atoms with Crippen molar-refractivity contribution < 1.29 is 14.3 Å². The summed E-state index contributed by atoms with van der Waals surface area (Å²) in [6.07, 6.45) is 0.725. The predicted octanol–water partition coefficient (Wildman–Crippen LogP) is 4.57. The molecule has 3 N–H and O–H groups in total. The van der Waals surface area contributed by atoms with Gasteiger partial charge in [0.05, 0.1) is 12.6 Å². The summed E-state index contributed by atoms with van der Waals surface area (Å²) in [7, 11) is 0. The van der Waals surface area contributed by atoms with Gasteiger partial charge in [-0.1, -0.05) is 6.07 Å². The number of thioether (sulfide) groups is 2. The van der Waals surface area contributed by atoms with Crippen molar-refractivity contribution in [2.45, 2.75) is 41.6 Å². The molecule has 0 saturated carbocycles. The first kappa shape index (κ1) is 27.3. The molecule has 32 heavy (non-hydrogen) atoms. The first-order valence-electron chi connectivity index (χ1n) is 10.2. The van der Waals surface area contributed by atoms with E-state index in [9.17, 15) is 9.59 Å². The molecule has 0 aliphatic carbocycles. The van der Waals surface area contributed by atoms with E-state index in [0.717, 1.165) is 31.7 Å². The SMILES string of the molecule is CCOC(=O)[C@H](Cc1cccs1)NC(=O)[C@@H](N)Cc1cc(SCCCl)cc(SCCCl)c1. The van der Waals surface area contributed by atoms with Crippen LogP contribution in [-0.4, -0.2) is 53.8 Å². The highest BCUT2D eigenvalue weighted by Crippen LogP contribution is 2.28. The molecule has 1 aromatic heterocycles. The molecule has 5 nitrogen and oxygen atoms in total. The molecule has 2 aromatic rings. The molecule has 0 radical (unpaired) electrons. The number of hydrogen-bond donors (Lipinski definition) is 2. The number of ether oxygens (including phenoxy) is 1. The smallest absolute Gasteiger partial charge is 0.329 e. The number of carbonyl (C=O) groups excluding carboxylic acids is 2. The van der Waals surface area contributed by atoms with Gasteiger partial charge in [0, 0.05) is 44.4 Å². The molecule has 1 heterocycles. The molecule has 0 fully saturated rings. The Balaban J connectivity index is 2.08. The minimum Gasteiger partial charge on any atom is -0.464 e. The van der Waals surface area contributed by atoms with Gasteiger partial charge in [-0.2, -0.15) is 0 Å². The van der Waals surface area contributed by atoms with Crippen LogP contribution in [0.1, 0.15) is 17.4 Å². The molecular formula is C22H28Cl2N2O3S3. The van der Waals surface area contributed by atoms with E-state index in [-0.39, 0.29) is 12.5 Å². The summed E-state index contributed by atoms with van der Waals surface area (Å²) >= 11 is 16.5. The number of alkyl halides is 2. The van der Waals surface area contributed by atoms with E-state index in [1.165, 1.54) is 11.3 Å². The van der Waals surface area contributed by atoms with Gasteiger partial charge in [0.25, 0.3) is 0 Å². The Morgan fingerprint density at radius 3 is 2.31 bits per heavy atom. The van der Waals surface area contributed by atoms with E-state index in [1.807, 2.05) is 29.6 Å². The fourth-order valence-electron chi connectivity index (χ4n) is 2.92. The maximum absolute atomic E-state index is 12.8. The molecular weight excluding hydrogens is 507 g/mol. The fourth-order valence-corrected chi connectivity index (χ4v) is 5.72. The van der Waals surface area contributed by atoms with Crippen molar-refractivity contribution in [2.24, 2.45) is 5.73 Å². The number of rotatable bonds is 14. The van der Waals surface area contributed by atoms with E-state index in [4.69, 9.17) is 33.7 Å². The average molecular weight is 536 g/mol. The van der Waals surface area contributed by atoms with Crippen LogP contribution in [0.2, 0.25) is 0 Å². The topological polar surface area (TPSA) is 81.4 Å². The summed E-state index contributed by atoms with van der Waals surface area (Å²) in [5, 5.41) is 4.71. The molecule has 0 saturated heterocycles. The van der Waals surface area contributed by atoms with Gasteiger partial charge in [-0.05, 0) is 48.6 Å². The Labute approximate surface area is 212 Å². The Bertz CT molecular complexity index is 827. The summed E-state index contributed by atoms with van der Waals surface area (Å²) in [4.78, 5) is 28.3. The molecule has 1 amide bonds. The lowest BCUT2D eigenvalue weighted by Gasteiger charge is -2.20. The predicted molar refractivity (Wildman–Crippen MR) is 138 cm³/mol. The van der Waals surface area contributed by atoms with Gasteiger partial charge in [-0.3, -0.25) is 4.79 Å². The first-order chi connectivity index (χ1) is 15.5. The quantitative estimate of drug-likeness (QED) is 0.210. The molecule has 0 aliphatic rings. The van der Waals surface area contributed by atoms with Gasteiger partial charge >= 0.3 is 5.97 Å². The molecule has 10 heteroatoms. The largest absolute Gasteiger partial charge is 0.464 e. The lowest BCUT2D eigenvalue weighted by molar-refractivity contribution is -0.147. The molecule has 176 valence electrons. The van der Waals surface area contributed by atoms with Crippen LogP contribution in [0, 0.1) is 0 Å². The van der Waals surface area contributed by atoms with E-state index in [1.54, 1.807) is 30.4 Å². The second kappa shape index (κ2) is 15.1. The number of nitrogens with one attached hydrogen (secondary N) is 1. The zero-order chi connectivity index (χ0) is 23.3. The third-order valence-electron chi connectivity index (χ3n) is 4.30. The number of halogens is 2. The van der Waals surface area contributed by atoms with E-state index >= 15 is 0 Å². The number of carbonyl (C=O) groups is 2. The van der Waals surface area contributed by atoms with Crippen molar-refractivity contribution in [1.82, 2.24) is 5.32 Å². The van der Waals surface area contributed by atoms with Crippen LogP contribution in [-0.2, 0) is 27.2 Å². The second-order valence-electron chi connectivity index (χ2n) is 6.79.